The van der Waals surface area contributed by atoms with E-state index in [1.165, 1.54) is 0 Å². The maximum atomic E-state index is 12.3. The van der Waals surface area contributed by atoms with Gasteiger partial charge in [-0.2, -0.15) is 0 Å². The third-order valence-electron chi connectivity index (χ3n) is 3.73. The van der Waals surface area contributed by atoms with Crippen LogP contribution in [0.1, 0.15) is 15.9 Å². The number of ether oxygens (including phenoxy) is 1. The Kier molecular flexibility index (Phi) is 4.66. The molecule has 3 nitrogen and oxygen atoms in total. The van der Waals surface area contributed by atoms with Crippen LogP contribution in [0.3, 0.4) is 0 Å². The van der Waals surface area contributed by atoms with E-state index >= 15 is 0 Å². The van der Waals surface area contributed by atoms with E-state index in [-0.39, 0.29) is 5.78 Å². The molecule has 0 radical (unpaired) electrons. The zero-order chi connectivity index (χ0) is 15.2. The quantitative estimate of drug-likeness (QED) is 0.639. The van der Waals surface area contributed by atoms with Crippen molar-refractivity contribution in [1.82, 2.24) is 0 Å². The number of benzene rings is 2. The molecule has 1 aliphatic rings. The van der Waals surface area contributed by atoms with Gasteiger partial charge in [0.15, 0.2) is 5.78 Å². The van der Waals surface area contributed by atoms with Crippen molar-refractivity contribution in [3.63, 3.8) is 0 Å². The van der Waals surface area contributed by atoms with E-state index in [1.54, 1.807) is 6.08 Å². The number of ketones is 1. The molecule has 22 heavy (non-hydrogen) atoms. The summed E-state index contributed by atoms with van der Waals surface area (Å²) < 4.78 is 5.37. The summed E-state index contributed by atoms with van der Waals surface area (Å²) in [6.45, 7) is 3.23. The van der Waals surface area contributed by atoms with Crippen LogP contribution >= 0.6 is 0 Å². The van der Waals surface area contributed by atoms with Gasteiger partial charge in [0.2, 0.25) is 0 Å². The lowest BCUT2D eigenvalue weighted by Crippen LogP contribution is -2.36. The lowest BCUT2D eigenvalue weighted by Gasteiger charge is -2.29. The summed E-state index contributed by atoms with van der Waals surface area (Å²) in [5.74, 6) is 0.0268. The molecule has 0 saturated carbocycles. The van der Waals surface area contributed by atoms with E-state index < -0.39 is 0 Å². The number of allylic oxidation sites excluding steroid dienone is 1. The van der Waals surface area contributed by atoms with Gasteiger partial charge in [-0.05, 0) is 23.8 Å². The number of morpholine rings is 1. The van der Waals surface area contributed by atoms with Crippen molar-refractivity contribution in [2.75, 3.05) is 31.2 Å². The Morgan fingerprint density at radius 2 is 1.77 bits per heavy atom. The third-order valence-corrected chi connectivity index (χ3v) is 3.73. The highest BCUT2D eigenvalue weighted by molar-refractivity contribution is 6.07. The van der Waals surface area contributed by atoms with Gasteiger partial charge in [-0.25, -0.2) is 0 Å². The molecule has 0 amide bonds. The molecule has 3 heteroatoms. The summed E-state index contributed by atoms with van der Waals surface area (Å²) in [6.07, 6.45) is 3.48. The van der Waals surface area contributed by atoms with E-state index in [0.29, 0.717) is 0 Å². The summed E-state index contributed by atoms with van der Waals surface area (Å²) in [7, 11) is 0. The van der Waals surface area contributed by atoms with Crippen molar-refractivity contribution in [2.24, 2.45) is 0 Å². The fraction of sp³-hybridized carbons (Fsp3) is 0.211. The summed E-state index contributed by atoms with van der Waals surface area (Å²) in [6, 6.07) is 17.7. The van der Waals surface area contributed by atoms with Crippen LogP contribution in [-0.2, 0) is 4.74 Å². The Morgan fingerprint density at radius 3 is 2.55 bits per heavy atom. The molecule has 1 heterocycles. The molecule has 0 atom stereocenters. The van der Waals surface area contributed by atoms with E-state index in [0.717, 1.165) is 43.1 Å². The second-order valence-electron chi connectivity index (χ2n) is 5.26. The molecule has 2 aromatic rings. The Labute approximate surface area is 130 Å². The number of hydrogen-bond donors (Lipinski definition) is 0. The van der Waals surface area contributed by atoms with Crippen LogP contribution in [0.5, 0.6) is 0 Å². The molecular weight excluding hydrogens is 274 g/mol. The number of rotatable bonds is 4. The van der Waals surface area contributed by atoms with Gasteiger partial charge < -0.3 is 9.64 Å². The van der Waals surface area contributed by atoms with Crippen molar-refractivity contribution in [1.29, 1.82) is 0 Å². The lowest BCUT2D eigenvalue weighted by atomic mass is 10.1. The van der Waals surface area contributed by atoms with Crippen molar-refractivity contribution < 1.29 is 9.53 Å². The first-order valence-electron chi connectivity index (χ1n) is 7.53. The number of nitrogens with zero attached hydrogens (tertiary/aromatic N) is 1. The Morgan fingerprint density at radius 1 is 1.00 bits per heavy atom. The molecule has 112 valence electrons. The normalized spacial score (nSPS) is 15.2. The molecule has 0 bridgehead atoms. The van der Waals surface area contributed by atoms with E-state index in [9.17, 15) is 4.79 Å². The Balaban J connectivity index is 1.74. The minimum Gasteiger partial charge on any atom is -0.378 e. The zero-order valence-electron chi connectivity index (χ0n) is 12.4. The molecule has 3 rings (SSSR count). The van der Waals surface area contributed by atoms with Crippen LogP contribution in [0.4, 0.5) is 5.69 Å². The highest BCUT2D eigenvalue weighted by Crippen LogP contribution is 2.18. The Hall–Kier alpha value is -2.39. The van der Waals surface area contributed by atoms with Gasteiger partial charge in [0.05, 0.1) is 13.2 Å². The second kappa shape index (κ2) is 7.05. The third kappa shape index (κ3) is 3.62. The number of carbonyl (C=O) groups excluding carboxylic acids is 1. The maximum absolute atomic E-state index is 12.3. The van der Waals surface area contributed by atoms with Crippen LogP contribution in [0.15, 0.2) is 60.7 Å². The average Bonchev–Trinajstić information content (AvgIpc) is 2.61. The molecule has 2 aromatic carbocycles. The minimum atomic E-state index is 0.0268. The first-order valence-corrected chi connectivity index (χ1v) is 7.53. The van der Waals surface area contributed by atoms with Gasteiger partial charge in [0.1, 0.15) is 0 Å². The standard InChI is InChI=1S/C19H19NO2/c21-19(10-9-16-5-2-1-3-6-16)17-7-4-8-18(15-17)20-11-13-22-14-12-20/h1-10,15H,11-14H2. The van der Waals surface area contributed by atoms with Gasteiger partial charge in [0.25, 0.3) is 0 Å². The van der Waals surface area contributed by atoms with Crippen molar-refractivity contribution >= 4 is 17.5 Å². The lowest BCUT2D eigenvalue weighted by molar-refractivity contribution is 0.104. The molecule has 0 aromatic heterocycles. The van der Waals surface area contributed by atoms with E-state index in [4.69, 9.17) is 4.74 Å². The SMILES string of the molecule is O=C(C=Cc1ccccc1)c1cccc(N2CCOCC2)c1. The average molecular weight is 293 g/mol. The topological polar surface area (TPSA) is 29.5 Å². The van der Waals surface area contributed by atoms with Crippen LogP contribution in [0.25, 0.3) is 6.08 Å². The van der Waals surface area contributed by atoms with Crippen LogP contribution in [-0.4, -0.2) is 32.1 Å². The second-order valence-corrected chi connectivity index (χ2v) is 5.26. The molecule has 1 saturated heterocycles. The number of anilines is 1. The minimum absolute atomic E-state index is 0.0268. The van der Waals surface area contributed by atoms with Crippen molar-refractivity contribution in [3.05, 3.63) is 71.8 Å². The predicted octanol–water partition coefficient (Wildman–Crippen LogP) is 3.42. The van der Waals surface area contributed by atoms with Crippen LogP contribution in [0.2, 0.25) is 0 Å². The van der Waals surface area contributed by atoms with Gasteiger partial charge in [-0.3, -0.25) is 4.79 Å². The largest absolute Gasteiger partial charge is 0.378 e. The molecule has 0 spiro atoms. The fourth-order valence-corrected chi connectivity index (χ4v) is 2.51. The van der Waals surface area contributed by atoms with Crippen molar-refractivity contribution in [3.8, 4) is 0 Å². The maximum Gasteiger partial charge on any atom is 0.185 e. The molecule has 0 N–H and O–H groups in total. The summed E-state index contributed by atoms with van der Waals surface area (Å²) in [4.78, 5) is 14.6. The molecular formula is C19H19NO2. The van der Waals surface area contributed by atoms with Gasteiger partial charge in [0, 0.05) is 24.3 Å². The zero-order valence-corrected chi connectivity index (χ0v) is 12.4. The van der Waals surface area contributed by atoms with Gasteiger partial charge in [-0.15, -0.1) is 0 Å². The monoisotopic (exact) mass is 293 g/mol. The van der Waals surface area contributed by atoms with Crippen LogP contribution < -0.4 is 4.90 Å². The highest BCUT2D eigenvalue weighted by Gasteiger charge is 2.12. The number of carbonyl (C=O) groups is 1. The summed E-state index contributed by atoms with van der Waals surface area (Å²) >= 11 is 0. The molecule has 0 unspecified atom stereocenters. The van der Waals surface area contributed by atoms with Crippen LogP contribution in [0, 0.1) is 0 Å². The van der Waals surface area contributed by atoms with E-state index in [1.807, 2.05) is 60.7 Å². The highest BCUT2D eigenvalue weighted by atomic mass is 16.5. The summed E-state index contributed by atoms with van der Waals surface area (Å²) in [5, 5.41) is 0. The molecule has 1 aliphatic heterocycles. The molecule has 1 fully saturated rings. The van der Waals surface area contributed by atoms with Gasteiger partial charge >= 0.3 is 0 Å². The summed E-state index contributed by atoms with van der Waals surface area (Å²) in [5.41, 5.74) is 2.83. The predicted molar refractivity (Wildman–Crippen MR) is 89.3 cm³/mol. The smallest absolute Gasteiger partial charge is 0.185 e. The Bertz CT molecular complexity index is 658. The van der Waals surface area contributed by atoms with Crippen molar-refractivity contribution in [2.45, 2.75) is 0 Å². The first-order chi connectivity index (χ1) is 10.8. The van der Waals surface area contributed by atoms with Gasteiger partial charge in [-0.1, -0.05) is 48.5 Å². The molecule has 0 aliphatic carbocycles. The first kappa shape index (κ1) is 14.5. The number of hydrogen-bond acceptors (Lipinski definition) is 3. The fourth-order valence-electron chi connectivity index (χ4n) is 2.51. The van der Waals surface area contributed by atoms with E-state index in [2.05, 4.69) is 4.90 Å².